The van der Waals surface area contributed by atoms with Crippen molar-refractivity contribution in [2.45, 2.75) is 6.04 Å². The molecule has 2 aliphatic heterocycles. The predicted octanol–water partition coefficient (Wildman–Crippen LogP) is 2.17. The third-order valence-corrected chi connectivity index (χ3v) is 4.12. The minimum atomic E-state index is -0.161. The van der Waals surface area contributed by atoms with Crippen LogP contribution in [0.25, 0.3) is 0 Å². The van der Waals surface area contributed by atoms with Gasteiger partial charge < -0.3 is 10.2 Å². The average molecular weight is 224 g/mol. The van der Waals surface area contributed by atoms with Crippen LogP contribution in [0.5, 0.6) is 0 Å². The number of rotatable bonds is 0. The van der Waals surface area contributed by atoms with Gasteiger partial charge in [0.25, 0.3) is 0 Å². The summed E-state index contributed by atoms with van der Waals surface area (Å²) in [6, 6.07) is 5.60. The Morgan fingerprint density at radius 2 is 2.40 bits per heavy atom. The highest BCUT2D eigenvalue weighted by molar-refractivity contribution is 7.99. The zero-order valence-corrected chi connectivity index (χ0v) is 9.19. The fourth-order valence-corrected chi connectivity index (χ4v) is 3.33. The van der Waals surface area contributed by atoms with Crippen LogP contribution in [0.4, 0.5) is 15.8 Å². The topological polar surface area (TPSA) is 15.3 Å². The molecule has 2 aliphatic rings. The van der Waals surface area contributed by atoms with E-state index in [0.29, 0.717) is 6.04 Å². The van der Waals surface area contributed by atoms with Crippen molar-refractivity contribution in [3.8, 4) is 0 Å². The van der Waals surface area contributed by atoms with Crippen LogP contribution >= 0.6 is 11.8 Å². The van der Waals surface area contributed by atoms with Crippen LogP contribution in [0.15, 0.2) is 18.2 Å². The van der Waals surface area contributed by atoms with Crippen molar-refractivity contribution >= 4 is 23.1 Å². The molecule has 1 aromatic rings. The molecule has 1 N–H and O–H groups in total. The molecular weight excluding hydrogens is 211 g/mol. The number of benzene rings is 1. The van der Waals surface area contributed by atoms with E-state index in [1.807, 2.05) is 17.8 Å². The molecule has 1 saturated heterocycles. The quantitative estimate of drug-likeness (QED) is 0.727. The molecule has 0 aliphatic carbocycles. The van der Waals surface area contributed by atoms with E-state index in [1.165, 1.54) is 11.5 Å². The molecule has 0 bridgehead atoms. The summed E-state index contributed by atoms with van der Waals surface area (Å²) in [6.07, 6.45) is 0. The molecule has 1 aromatic carbocycles. The second-order valence-corrected chi connectivity index (χ2v) is 5.11. The number of thioether (sulfide) groups is 1. The Balaban J connectivity index is 1.99. The summed E-state index contributed by atoms with van der Waals surface area (Å²) >= 11 is 2.00. The molecule has 1 atom stereocenters. The highest BCUT2D eigenvalue weighted by atomic mass is 32.2. The van der Waals surface area contributed by atoms with Crippen LogP contribution in [-0.2, 0) is 0 Å². The molecule has 15 heavy (non-hydrogen) atoms. The van der Waals surface area contributed by atoms with E-state index in [2.05, 4.69) is 10.2 Å². The van der Waals surface area contributed by atoms with Crippen molar-refractivity contribution in [2.24, 2.45) is 0 Å². The number of nitrogens with one attached hydrogen (secondary N) is 1. The molecule has 3 rings (SSSR count). The fourth-order valence-electron chi connectivity index (χ4n) is 2.27. The molecule has 0 saturated carbocycles. The number of fused-ring (bicyclic) bond motifs is 3. The highest BCUT2D eigenvalue weighted by Crippen LogP contribution is 2.34. The minimum Gasteiger partial charge on any atom is -0.381 e. The smallest absolute Gasteiger partial charge is 0.125 e. The van der Waals surface area contributed by atoms with Crippen molar-refractivity contribution in [1.82, 2.24) is 0 Å². The molecule has 1 fully saturated rings. The Morgan fingerprint density at radius 3 is 3.33 bits per heavy atom. The summed E-state index contributed by atoms with van der Waals surface area (Å²) in [7, 11) is 0. The standard InChI is InChI=1S/C11H13FN2S/c12-8-1-2-11-10(5-8)13-6-9-7-15-4-3-14(9)11/h1-2,5,9,13H,3-4,6-7H2. The van der Waals surface area contributed by atoms with Gasteiger partial charge in [0, 0.05) is 24.6 Å². The summed E-state index contributed by atoms with van der Waals surface area (Å²) < 4.78 is 13.1. The summed E-state index contributed by atoms with van der Waals surface area (Å²) in [4.78, 5) is 2.40. The number of hydrogen-bond donors (Lipinski definition) is 1. The summed E-state index contributed by atoms with van der Waals surface area (Å²) in [6.45, 7) is 2.01. The number of hydrogen-bond acceptors (Lipinski definition) is 3. The first-order chi connectivity index (χ1) is 7.34. The molecule has 0 spiro atoms. The highest BCUT2D eigenvalue weighted by Gasteiger charge is 2.28. The van der Waals surface area contributed by atoms with Crippen LogP contribution < -0.4 is 10.2 Å². The molecule has 2 nitrogen and oxygen atoms in total. The van der Waals surface area contributed by atoms with E-state index in [9.17, 15) is 4.39 Å². The lowest BCUT2D eigenvalue weighted by molar-refractivity contribution is 0.620. The Bertz CT molecular complexity index is 383. The maximum atomic E-state index is 13.1. The van der Waals surface area contributed by atoms with E-state index in [1.54, 1.807) is 12.1 Å². The number of anilines is 2. The molecule has 80 valence electrons. The molecular formula is C11H13FN2S. The third-order valence-electron chi connectivity index (χ3n) is 3.02. The maximum absolute atomic E-state index is 13.1. The van der Waals surface area contributed by atoms with E-state index in [-0.39, 0.29) is 5.82 Å². The van der Waals surface area contributed by atoms with Crippen molar-refractivity contribution in [2.75, 3.05) is 34.8 Å². The summed E-state index contributed by atoms with van der Waals surface area (Å²) in [5.74, 6) is 2.18. The Labute approximate surface area is 92.8 Å². The van der Waals surface area contributed by atoms with Gasteiger partial charge in [-0.15, -0.1) is 0 Å². The lowest BCUT2D eigenvalue weighted by atomic mass is 10.1. The Kier molecular flexibility index (Phi) is 2.24. The van der Waals surface area contributed by atoms with Crippen LogP contribution in [0.2, 0.25) is 0 Å². The second-order valence-electron chi connectivity index (χ2n) is 3.96. The van der Waals surface area contributed by atoms with Crippen LogP contribution in [0, 0.1) is 5.82 Å². The molecule has 4 heteroatoms. The predicted molar refractivity (Wildman–Crippen MR) is 63.3 cm³/mol. The molecule has 1 unspecified atom stereocenters. The zero-order valence-electron chi connectivity index (χ0n) is 8.37. The summed E-state index contributed by atoms with van der Waals surface area (Å²) in [5, 5.41) is 3.31. The third kappa shape index (κ3) is 1.57. The van der Waals surface area contributed by atoms with Gasteiger partial charge in [0.2, 0.25) is 0 Å². The maximum Gasteiger partial charge on any atom is 0.125 e. The van der Waals surface area contributed by atoms with Gasteiger partial charge in [0.15, 0.2) is 0 Å². The largest absolute Gasteiger partial charge is 0.381 e. The molecule has 0 aromatic heterocycles. The van der Waals surface area contributed by atoms with Gasteiger partial charge in [-0.2, -0.15) is 11.8 Å². The van der Waals surface area contributed by atoms with Gasteiger partial charge in [-0.3, -0.25) is 0 Å². The average Bonchev–Trinajstić information content (AvgIpc) is 2.28. The van der Waals surface area contributed by atoms with Crippen molar-refractivity contribution in [3.63, 3.8) is 0 Å². The van der Waals surface area contributed by atoms with Crippen molar-refractivity contribution in [1.29, 1.82) is 0 Å². The zero-order chi connectivity index (χ0) is 10.3. The summed E-state index contributed by atoms with van der Waals surface area (Å²) in [5.41, 5.74) is 2.10. The first-order valence-electron chi connectivity index (χ1n) is 5.22. The molecule has 0 radical (unpaired) electrons. The van der Waals surface area contributed by atoms with Gasteiger partial charge in [0.1, 0.15) is 5.82 Å². The van der Waals surface area contributed by atoms with Crippen molar-refractivity contribution < 1.29 is 4.39 Å². The van der Waals surface area contributed by atoms with Gasteiger partial charge in [-0.25, -0.2) is 4.39 Å². The second kappa shape index (κ2) is 3.59. The minimum absolute atomic E-state index is 0.161. The normalized spacial score (nSPS) is 24.1. The van der Waals surface area contributed by atoms with Crippen LogP contribution in [0.3, 0.4) is 0 Å². The molecule has 2 heterocycles. The van der Waals surface area contributed by atoms with Crippen molar-refractivity contribution in [3.05, 3.63) is 24.0 Å². The lowest BCUT2D eigenvalue weighted by Gasteiger charge is -2.42. The van der Waals surface area contributed by atoms with E-state index >= 15 is 0 Å². The number of nitrogens with zero attached hydrogens (tertiary/aromatic N) is 1. The van der Waals surface area contributed by atoms with Crippen LogP contribution in [0.1, 0.15) is 0 Å². The van der Waals surface area contributed by atoms with E-state index < -0.39 is 0 Å². The Hall–Kier alpha value is -0.900. The first-order valence-corrected chi connectivity index (χ1v) is 6.38. The Morgan fingerprint density at radius 1 is 1.47 bits per heavy atom. The monoisotopic (exact) mass is 224 g/mol. The van der Waals surface area contributed by atoms with Gasteiger partial charge in [-0.1, -0.05) is 0 Å². The fraction of sp³-hybridized carbons (Fsp3) is 0.455. The first kappa shape index (κ1) is 9.33. The molecule has 0 amide bonds. The van der Waals surface area contributed by atoms with Gasteiger partial charge in [0.05, 0.1) is 17.4 Å². The number of halogens is 1. The SMILES string of the molecule is Fc1ccc2c(c1)NCC1CSCCN21. The van der Waals surface area contributed by atoms with Gasteiger partial charge >= 0.3 is 0 Å². The van der Waals surface area contributed by atoms with Gasteiger partial charge in [-0.05, 0) is 18.2 Å². The van der Waals surface area contributed by atoms with E-state index in [0.717, 1.165) is 24.5 Å². The van der Waals surface area contributed by atoms with Crippen LogP contribution in [-0.4, -0.2) is 30.6 Å². The van der Waals surface area contributed by atoms with E-state index in [4.69, 9.17) is 0 Å². The lowest BCUT2D eigenvalue weighted by Crippen LogP contribution is -2.49.